The lowest BCUT2D eigenvalue weighted by molar-refractivity contribution is 0.131. The molecule has 0 aliphatic heterocycles. The van der Waals surface area contributed by atoms with Crippen molar-refractivity contribution in [2.24, 2.45) is 4.99 Å². The van der Waals surface area contributed by atoms with Crippen molar-refractivity contribution in [2.75, 3.05) is 20.6 Å². The summed E-state index contributed by atoms with van der Waals surface area (Å²) in [5, 5.41) is 19.7. The van der Waals surface area contributed by atoms with Gasteiger partial charge in [0.1, 0.15) is 17.7 Å². The van der Waals surface area contributed by atoms with Gasteiger partial charge in [0.05, 0.1) is 16.2 Å². The Morgan fingerprint density at radius 3 is 2.85 bits per heavy atom. The lowest BCUT2D eigenvalue weighted by atomic mass is 10.2. The average molecular weight is 393 g/mol. The summed E-state index contributed by atoms with van der Waals surface area (Å²) in [6.07, 6.45) is 0.672. The molecule has 27 heavy (non-hydrogen) atoms. The van der Waals surface area contributed by atoms with Crippen molar-refractivity contribution in [3.63, 3.8) is 0 Å². The molecule has 0 aliphatic rings. The molecule has 1 atom stereocenters. The minimum atomic E-state index is -0.833. The third-order valence-corrected chi connectivity index (χ3v) is 4.06. The number of aromatic nitrogens is 3. The van der Waals surface area contributed by atoms with Crippen LogP contribution in [0.25, 0.3) is 11.2 Å². The average Bonchev–Trinajstić information content (AvgIpc) is 3.06. The number of aromatic amines is 1. The van der Waals surface area contributed by atoms with Gasteiger partial charge in [-0.2, -0.15) is 0 Å². The molecule has 0 saturated heterocycles. The molecule has 0 radical (unpaired) electrons. The number of hydrogen-bond donors (Lipinski definition) is 4. The molecule has 2 aromatic heterocycles. The number of aliphatic imine (C=N–C) groups is 1. The summed E-state index contributed by atoms with van der Waals surface area (Å²) in [6, 6.07) is 5.57. The van der Waals surface area contributed by atoms with Crippen molar-refractivity contribution in [1.82, 2.24) is 25.3 Å². The summed E-state index contributed by atoms with van der Waals surface area (Å²) in [5.41, 5.74) is 3.69. The maximum Gasteiger partial charge on any atom is 0.178 e. The minimum absolute atomic E-state index is 0.0796. The lowest BCUT2D eigenvalue weighted by Crippen LogP contribution is -2.21. The third kappa shape index (κ3) is 4.22. The smallest absolute Gasteiger partial charge is 0.178 e. The first-order valence-corrected chi connectivity index (χ1v) is 8.38. The molecule has 0 aliphatic carbocycles. The number of H-pyrrole nitrogens is 1. The summed E-state index contributed by atoms with van der Waals surface area (Å²) < 4.78 is 13.3. The number of hydrogen-bond acceptors (Lipinski definition) is 6. The predicted octanol–water partition coefficient (Wildman–Crippen LogP) is 2.40. The standard InChI is InChI=1S/C17H18ClFN6O2/c1-25(2)8-13(26)16-22-14-10(5-6-20-17(14)23-16)15(24-27)21-9-3-4-12(19)11(18)7-9/h3-7,13,26-27H,8H2,1-2H3,(H,21,24)(H,20,22,23). The molecule has 0 spiro atoms. The van der Waals surface area contributed by atoms with Gasteiger partial charge in [-0.05, 0) is 38.4 Å². The Balaban J connectivity index is 2.04. The maximum atomic E-state index is 13.3. The normalized spacial score (nSPS) is 13.4. The first-order valence-electron chi connectivity index (χ1n) is 8.00. The Hall–Kier alpha value is -2.59. The largest absolute Gasteiger partial charge is 0.384 e. The summed E-state index contributed by atoms with van der Waals surface area (Å²) >= 11 is 5.78. The first-order chi connectivity index (χ1) is 12.9. The van der Waals surface area contributed by atoms with Gasteiger partial charge in [0, 0.05) is 18.3 Å². The van der Waals surface area contributed by atoms with Gasteiger partial charge < -0.3 is 15.0 Å². The second-order valence-electron chi connectivity index (χ2n) is 6.13. The van der Waals surface area contributed by atoms with Gasteiger partial charge in [-0.25, -0.2) is 19.4 Å². The van der Waals surface area contributed by atoms with Crippen LogP contribution in [0, 0.1) is 5.82 Å². The lowest BCUT2D eigenvalue weighted by Gasteiger charge is -2.13. The number of halogens is 2. The van der Waals surface area contributed by atoms with Crippen LogP contribution in [0.4, 0.5) is 10.1 Å². The van der Waals surface area contributed by atoms with Gasteiger partial charge in [0.25, 0.3) is 0 Å². The highest BCUT2D eigenvalue weighted by Gasteiger charge is 2.18. The summed E-state index contributed by atoms with van der Waals surface area (Å²) in [5.74, 6) is -0.128. The molecule has 10 heteroatoms. The monoisotopic (exact) mass is 392 g/mol. The highest BCUT2D eigenvalue weighted by atomic mass is 35.5. The topological polar surface area (TPSA) is 110 Å². The van der Waals surface area contributed by atoms with Crippen LogP contribution in [0.3, 0.4) is 0 Å². The number of amidine groups is 1. The number of pyridine rings is 1. The van der Waals surface area contributed by atoms with E-state index in [0.717, 1.165) is 0 Å². The molecule has 0 bridgehead atoms. The van der Waals surface area contributed by atoms with E-state index in [1.165, 1.54) is 24.4 Å². The highest BCUT2D eigenvalue weighted by Crippen LogP contribution is 2.24. The van der Waals surface area contributed by atoms with E-state index in [-0.39, 0.29) is 10.9 Å². The van der Waals surface area contributed by atoms with Gasteiger partial charge in [-0.1, -0.05) is 11.6 Å². The number of aliphatic hydroxyl groups excluding tert-OH is 1. The zero-order chi connectivity index (χ0) is 19.6. The molecule has 1 unspecified atom stereocenters. The maximum absolute atomic E-state index is 13.3. The van der Waals surface area contributed by atoms with Crippen LogP contribution in [0.2, 0.25) is 5.02 Å². The number of fused-ring (bicyclic) bond motifs is 1. The summed E-state index contributed by atoms with van der Waals surface area (Å²) in [6.45, 7) is 0.377. The Morgan fingerprint density at radius 1 is 1.41 bits per heavy atom. The van der Waals surface area contributed by atoms with E-state index in [0.29, 0.717) is 34.8 Å². The highest BCUT2D eigenvalue weighted by molar-refractivity contribution is 6.31. The van der Waals surface area contributed by atoms with E-state index in [4.69, 9.17) is 11.6 Å². The molecular weight excluding hydrogens is 375 g/mol. The van der Waals surface area contributed by atoms with Crippen molar-refractivity contribution in [1.29, 1.82) is 0 Å². The van der Waals surface area contributed by atoms with E-state index in [2.05, 4.69) is 19.9 Å². The van der Waals surface area contributed by atoms with Gasteiger partial charge >= 0.3 is 0 Å². The zero-order valence-electron chi connectivity index (χ0n) is 14.6. The molecule has 2 heterocycles. The number of likely N-dealkylation sites (N-methyl/N-ethyl adjacent to an activating group) is 1. The molecule has 0 amide bonds. The van der Waals surface area contributed by atoms with Crippen LogP contribution in [0.15, 0.2) is 35.5 Å². The Kier molecular flexibility index (Phi) is 5.66. The summed E-state index contributed by atoms with van der Waals surface area (Å²) in [7, 11) is 3.67. The SMILES string of the molecule is CN(C)CC(O)c1nc2nccc(C(=Nc3ccc(F)c(Cl)c3)NO)c2[nH]1. The van der Waals surface area contributed by atoms with Gasteiger partial charge in [0.15, 0.2) is 11.5 Å². The molecule has 4 N–H and O–H groups in total. The van der Waals surface area contributed by atoms with E-state index >= 15 is 0 Å². The van der Waals surface area contributed by atoms with Crippen molar-refractivity contribution < 1.29 is 14.7 Å². The van der Waals surface area contributed by atoms with E-state index in [1.807, 2.05) is 24.5 Å². The quantitative estimate of drug-likeness (QED) is 0.301. The van der Waals surface area contributed by atoms with Gasteiger partial charge in [0.2, 0.25) is 0 Å². The number of imidazole rings is 1. The molecular formula is C17H18ClFN6O2. The van der Waals surface area contributed by atoms with Crippen LogP contribution in [0.1, 0.15) is 17.5 Å². The Labute approximate surface area is 159 Å². The minimum Gasteiger partial charge on any atom is -0.384 e. The van der Waals surface area contributed by atoms with Crippen LogP contribution in [-0.2, 0) is 0 Å². The summed E-state index contributed by atoms with van der Waals surface area (Å²) in [4.78, 5) is 17.6. The van der Waals surface area contributed by atoms with Gasteiger partial charge in [-0.3, -0.25) is 10.7 Å². The predicted molar refractivity (Wildman–Crippen MR) is 99.9 cm³/mol. The van der Waals surface area contributed by atoms with Crippen LogP contribution in [0.5, 0.6) is 0 Å². The van der Waals surface area contributed by atoms with E-state index in [1.54, 1.807) is 6.07 Å². The Bertz CT molecular complexity index is 991. The number of nitrogens with one attached hydrogen (secondary N) is 2. The fourth-order valence-corrected chi connectivity index (χ4v) is 2.72. The molecule has 8 nitrogen and oxygen atoms in total. The molecule has 0 fully saturated rings. The first kappa shape index (κ1) is 19.2. The fourth-order valence-electron chi connectivity index (χ4n) is 2.55. The van der Waals surface area contributed by atoms with Crippen LogP contribution in [-0.4, -0.2) is 56.6 Å². The van der Waals surface area contributed by atoms with E-state index < -0.39 is 11.9 Å². The molecule has 3 rings (SSSR count). The second-order valence-corrected chi connectivity index (χ2v) is 6.54. The van der Waals surface area contributed by atoms with Crippen molar-refractivity contribution in [3.8, 4) is 0 Å². The molecule has 3 aromatic rings. The third-order valence-electron chi connectivity index (χ3n) is 3.77. The van der Waals surface area contributed by atoms with Crippen LogP contribution >= 0.6 is 11.6 Å². The number of hydroxylamine groups is 1. The second kappa shape index (κ2) is 7.97. The van der Waals surface area contributed by atoms with E-state index in [9.17, 15) is 14.7 Å². The van der Waals surface area contributed by atoms with Crippen molar-refractivity contribution in [3.05, 3.63) is 52.7 Å². The number of nitrogens with zero attached hydrogens (tertiary/aromatic N) is 4. The van der Waals surface area contributed by atoms with Crippen molar-refractivity contribution in [2.45, 2.75) is 6.10 Å². The Morgan fingerprint density at radius 2 is 2.19 bits per heavy atom. The molecule has 0 saturated carbocycles. The van der Waals surface area contributed by atoms with Gasteiger partial charge in [-0.15, -0.1) is 0 Å². The van der Waals surface area contributed by atoms with Crippen molar-refractivity contribution >= 4 is 34.3 Å². The number of benzene rings is 1. The number of aliphatic hydroxyl groups is 1. The molecule has 142 valence electrons. The van der Waals surface area contributed by atoms with Crippen LogP contribution < -0.4 is 5.48 Å². The fraction of sp³-hybridized carbons (Fsp3) is 0.235. The molecule has 1 aromatic carbocycles. The number of rotatable bonds is 5. The zero-order valence-corrected chi connectivity index (χ0v) is 15.4.